The van der Waals surface area contributed by atoms with Crippen molar-refractivity contribution in [2.75, 3.05) is 20.1 Å². The number of hydrogen-bond acceptors (Lipinski definition) is 2. The molecular weight excluding hydrogens is 279 g/mol. The molecule has 1 fully saturated rings. The summed E-state index contributed by atoms with van der Waals surface area (Å²) in [5, 5.41) is 4.82. The molecule has 2 atom stereocenters. The van der Waals surface area contributed by atoms with Crippen molar-refractivity contribution < 1.29 is 0 Å². The molecule has 2 unspecified atom stereocenters. The minimum absolute atomic E-state index is 0.431. The number of benzene rings is 1. The van der Waals surface area contributed by atoms with Gasteiger partial charge in [-0.25, -0.2) is 0 Å². The molecule has 0 aliphatic carbocycles. The maximum absolute atomic E-state index is 6.15. The Labute approximate surface area is 126 Å². The van der Waals surface area contributed by atoms with Crippen LogP contribution < -0.4 is 5.32 Å². The van der Waals surface area contributed by atoms with Gasteiger partial charge in [0.25, 0.3) is 0 Å². The normalized spacial score (nSPS) is 24.3. The highest BCUT2D eigenvalue weighted by atomic mass is 35.5. The molecule has 0 spiro atoms. The molecule has 0 aromatic heterocycles. The lowest BCUT2D eigenvalue weighted by Gasteiger charge is -2.26. The van der Waals surface area contributed by atoms with Crippen LogP contribution in [0.2, 0.25) is 10.0 Å². The first kappa shape index (κ1) is 15.1. The second-order valence-corrected chi connectivity index (χ2v) is 6.53. The zero-order chi connectivity index (χ0) is 14.0. The molecule has 0 amide bonds. The van der Waals surface area contributed by atoms with Gasteiger partial charge in [-0.2, -0.15) is 0 Å². The van der Waals surface area contributed by atoms with Crippen LogP contribution in [0, 0.1) is 5.92 Å². The summed E-state index contributed by atoms with van der Waals surface area (Å²) < 4.78 is 0. The molecule has 106 valence electrons. The standard InChI is InChI=1S/C15H22Cl2N2/c1-10(2)18-9-12-6-7-19(3)15(12)11-4-5-13(16)14(17)8-11/h4-5,8,10,12,15,18H,6-7,9H2,1-3H3. The minimum Gasteiger partial charge on any atom is -0.314 e. The smallest absolute Gasteiger partial charge is 0.0595 e. The maximum atomic E-state index is 6.15. The SMILES string of the molecule is CC(C)NCC1CCN(C)C1c1ccc(Cl)c(Cl)c1. The summed E-state index contributed by atoms with van der Waals surface area (Å²) in [6, 6.07) is 6.97. The third kappa shape index (κ3) is 3.63. The lowest BCUT2D eigenvalue weighted by Crippen LogP contribution is -2.32. The molecule has 2 nitrogen and oxygen atoms in total. The molecule has 1 aliphatic heterocycles. The van der Waals surface area contributed by atoms with Crippen LogP contribution >= 0.6 is 23.2 Å². The van der Waals surface area contributed by atoms with Crippen molar-refractivity contribution in [3.8, 4) is 0 Å². The van der Waals surface area contributed by atoms with E-state index in [1.165, 1.54) is 12.0 Å². The Kier molecular flexibility index (Phi) is 5.13. The number of likely N-dealkylation sites (tertiary alicyclic amines) is 1. The van der Waals surface area contributed by atoms with Crippen molar-refractivity contribution in [1.82, 2.24) is 10.2 Å². The zero-order valence-electron chi connectivity index (χ0n) is 11.8. The van der Waals surface area contributed by atoms with Crippen LogP contribution in [-0.4, -0.2) is 31.1 Å². The van der Waals surface area contributed by atoms with E-state index in [0.717, 1.165) is 13.1 Å². The van der Waals surface area contributed by atoms with E-state index in [1.807, 2.05) is 12.1 Å². The van der Waals surface area contributed by atoms with Crippen LogP contribution in [0.5, 0.6) is 0 Å². The van der Waals surface area contributed by atoms with Gasteiger partial charge in [-0.1, -0.05) is 43.1 Å². The molecule has 1 aromatic carbocycles. The number of nitrogens with one attached hydrogen (secondary N) is 1. The number of rotatable bonds is 4. The molecule has 0 saturated carbocycles. The van der Waals surface area contributed by atoms with Gasteiger partial charge in [-0.15, -0.1) is 0 Å². The molecule has 1 aliphatic rings. The summed E-state index contributed by atoms with van der Waals surface area (Å²) in [6.07, 6.45) is 1.22. The second-order valence-electron chi connectivity index (χ2n) is 5.71. The van der Waals surface area contributed by atoms with Crippen LogP contribution in [0.3, 0.4) is 0 Å². The van der Waals surface area contributed by atoms with Crippen LogP contribution in [-0.2, 0) is 0 Å². The van der Waals surface area contributed by atoms with E-state index in [4.69, 9.17) is 23.2 Å². The highest BCUT2D eigenvalue weighted by Crippen LogP contribution is 2.37. The first-order chi connectivity index (χ1) is 8.99. The minimum atomic E-state index is 0.431. The van der Waals surface area contributed by atoms with Crippen LogP contribution in [0.1, 0.15) is 31.9 Å². The van der Waals surface area contributed by atoms with Crippen molar-refractivity contribution in [2.24, 2.45) is 5.92 Å². The summed E-state index contributed by atoms with van der Waals surface area (Å²) in [7, 11) is 2.18. The van der Waals surface area contributed by atoms with Gasteiger partial charge in [0.15, 0.2) is 0 Å². The average Bonchev–Trinajstić information content (AvgIpc) is 2.71. The van der Waals surface area contributed by atoms with Crippen molar-refractivity contribution in [2.45, 2.75) is 32.4 Å². The Hall–Kier alpha value is -0.280. The maximum Gasteiger partial charge on any atom is 0.0595 e. The highest BCUT2D eigenvalue weighted by molar-refractivity contribution is 6.42. The fourth-order valence-corrected chi connectivity index (χ4v) is 3.16. The van der Waals surface area contributed by atoms with Crippen molar-refractivity contribution in [3.63, 3.8) is 0 Å². The van der Waals surface area contributed by atoms with E-state index in [-0.39, 0.29) is 0 Å². The summed E-state index contributed by atoms with van der Waals surface area (Å²) in [4.78, 5) is 2.41. The van der Waals surface area contributed by atoms with E-state index in [0.29, 0.717) is 28.0 Å². The summed E-state index contributed by atoms with van der Waals surface area (Å²) >= 11 is 12.2. The molecule has 4 heteroatoms. The Bertz CT molecular complexity index is 434. The zero-order valence-corrected chi connectivity index (χ0v) is 13.3. The molecule has 0 bridgehead atoms. The summed E-state index contributed by atoms with van der Waals surface area (Å²) in [5.41, 5.74) is 1.27. The second kappa shape index (κ2) is 6.45. The van der Waals surface area contributed by atoms with E-state index < -0.39 is 0 Å². The van der Waals surface area contributed by atoms with Crippen LogP contribution in [0.15, 0.2) is 18.2 Å². The van der Waals surface area contributed by atoms with E-state index in [1.54, 1.807) is 0 Å². The van der Waals surface area contributed by atoms with Crippen molar-refractivity contribution in [1.29, 1.82) is 0 Å². The Morgan fingerprint density at radius 3 is 2.68 bits per heavy atom. The van der Waals surface area contributed by atoms with Gasteiger partial charge in [0.05, 0.1) is 10.0 Å². The molecule has 2 rings (SSSR count). The lowest BCUT2D eigenvalue weighted by atomic mass is 9.93. The first-order valence-corrected chi connectivity index (χ1v) is 7.63. The largest absolute Gasteiger partial charge is 0.314 e. The highest BCUT2D eigenvalue weighted by Gasteiger charge is 2.32. The molecule has 1 N–H and O–H groups in total. The third-order valence-electron chi connectivity index (χ3n) is 3.85. The molecule has 1 aromatic rings. The third-order valence-corrected chi connectivity index (χ3v) is 4.59. The molecule has 1 heterocycles. The molecular formula is C15H22Cl2N2. The fourth-order valence-electron chi connectivity index (χ4n) is 2.85. The topological polar surface area (TPSA) is 15.3 Å². The van der Waals surface area contributed by atoms with Gasteiger partial charge in [0.1, 0.15) is 0 Å². The van der Waals surface area contributed by atoms with Gasteiger partial charge in [-0.3, -0.25) is 4.90 Å². The van der Waals surface area contributed by atoms with E-state index >= 15 is 0 Å². The lowest BCUT2D eigenvalue weighted by molar-refractivity contribution is 0.269. The predicted molar refractivity (Wildman–Crippen MR) is 83.1 cm³/mol. The number of halogens is 2. The van der Waals surface area contributed by atoms with Crippen molar-refractivity contribution >= 4 is 23.2 Å². The average molecular weight is 301 g/mol. The molecule has 1 saturated heterocycles. The van der Waals surface area contributed by atoms with E-state index in [2.05, 4.69) is 37.2 Å². The van der Waals surface area contributed by atoms with Gasteiger partial charge in [0.2, 0.25) is 0 Å². The van der Waals surface area contributed by atoms with E-state index in [9.17, 15) is 0 Å². The quantitative estimate of drug-likeness (QED) is 0.905. The Balaban J connectivity index is 2.16. The van der Waals surface area contributed by atoms with Gasteiger partial charge >= 0.3 is 0 Å². The number of nitrogens with zero attached hydrogens (tertiary/aromatic N) is 1. The van der Waals surface area contributed by atoms with Crippen molar-refractivity contribution in [3.05, 3.63) is 33.8 Å². The van der Waals surface area contributed by atoms with Crippen LogP contribution in [0.4, 0.5) is 0 Å². The van der Waals surface area contributed by atoms with Gasteiger partial charge < -0.3 is 5.32 Å². The van der Waals surface area contributed by atoms with Crippen LogP contribution in [0.25, 0.3) is 0 Å². The summed E-state index contributed by atoms with van der Waals surface area (Å²) in [5.74, 6) is 0.629. The molecule has 19 heavy (non-hydrogen) atoms. The number of hydrogen-bond donors (Lipinski definition) is 1. The Morgan fingerprint density at radius 2 is 2.05 bits per heavy atom. The summed E-state index contributed by atoms with van der Waals surface area (Å²) in [6.45, 7) is 6.56. The fraction of sp³-hybridized carbons (Fsp3) is 0.600. The molecule has 0 radical (unpaired) electrons. The Morgan fingerprint density at radius 1 is 1.32 bits per heavy atom. The monoisotopic (exact) mass is 300 g/mol. The first-order valence-electron chi connectivity index (χ1n) is 6.87. The predicted octanol–water partition coefficient (Wildman–Crippen LogP) is 3.98. The van der Waals surface area contributed by atoms with Gasteiger partial charge in [0, 0.05) is 18.6 Å². The van der Waals surface area contributed by atoms with Gasteiger partial charge in [-0.05, 0) is 43.6 Å².